The summed E-state index contributed by atoms with van der Waals surface area (Å²) in [6.07, 6.45) is 2.31. The molecule has 1 aromatic rings. The lowest BCUT2D eigenvalue weighted by Gasteiger charge is -2.21. The van der Waals surface area contributed by atoms with Crippen LogP contribution < -0.4 is 14.8 Å². The second kappa shape index (κ2) is 14.0. The molecule has 0 atom stereocenters. The van der Waals surface area contributed by atoms with Gasteiger partial charge in [0.05, 0.1) is 20.3 Å². The van der Waals surface area contributed by atoms with Gasteiger partial charge in [0.2, 0.25) is 0 Å². The van der Waals surface area contributed by atoms with Gasteiger partial charge in [0.1, 0.15) is 6.61 Å². The molecule has 0 aliphatic carbocycles. The third-order valence-electron chi connectivity index (χ3n) is 3.53. The molecule has 0 heterocycles. The summed E-state index contributed by atoms with van der Waals surface area (Å²) in [7, 11) is 3.67. The number of unbranched alkanes of at least 4 members (excludes halogenated alkanes) is 1. The maximum Gasteiger partial charge on any atom is 0.193 e. The second-order valence-corrected chi connectivity index (χ2v) is 5.50. The fourth-order valence-corrected chi connectivity index (χ4v) is 2.22. The number of ether oxygens (including phenoxy) is 2. The van der Waals surface area contributed by atoms with Crippen molar-refractivity contribution in [3.05, 3.63) is 23.8 Å². The zero-order valence-electron chi connectivity index (χ0n) is 15.7. The highest BCUT2D eigenvalue weighted by atomic mass is 127. The Morgan fingerprint density at radius 3 is 2.64 bits per heavy atom. The summed E-state index contributed by atoms with van der Waals surface area (Å²) in [5.41, 5.74) is 1.04. The van der Waals surface area contributed by atoms with E-state index in [2.05, 4.69) is 31.1 Å². The van der Waals surface area contributed by atoms with Gasteiger partial charge in [-0.05, 0) is 31.0 Å². The number of aliphatic imine (C=N–C) groups is 1. The van der Waals surface area contributed by atoms with Gasteiger partial charge in [-0.2, -0.15) is 0 Å². The molecule has 0 unspecified atom stereocenters. The van der Waals surface area contributed by atoms with E-state index >= 15 is 0 Å². The maximum absolute atomic E-state index is 8.86. The first kappa shape index (κ1) is 23.8. The first-order valence-corrected chi connectivity index (χ1v) is 8.56. The SMILES string of the molecule is CCCCN(C)C(=NCc1ccc(OCCO)c(OC)c1)NCC.I. The summed E-state index contributed by atoms with van der Waals surface area (Å²) >= 11 is 0. The number of methoxy groups -OCH3 is 1. The van der Waals surface area contributed by atoms with Gasteiger partial charge >= 0.3 is 0 Å². The highest BCUT2D eigenvalue weighted by molar-refractivity contribution is 14.0. The van der Waals surface area contributed by atoms with Crippen LogP contribution in [0, 0.1) is 0 Å². The number of halogens is 1. The van der Waals surface area contributed by atoms with Gasteiger partial charge in [0.25, 0.3) is 0 Å². The van der Waals surface area contributed by atoms with Crippen LogP contribution in [0.5, 0.6) is 11.5 Å². The molecule has 0 spiro atoms. The summed E-state index contributed by atoms with van der Waals surface area (Å²) in [5.74, 6) is 2.19. The predicted molar refractivity (Wildman–Crippen MR) is 113 cm³/mol. The van der Waals surface area contributed by atoms with Gasteiger partial charge in [0, 0.05) is 20.1 Å². The van der Waals surface area contributed by atoms with Crippen molar-refractivity contribution >= 4 is 29.9 Å². The van der Waals surface area contributed by atoms with Gasteiger partial charge in [-0.1, -0.05) is 19.4 Å². The van der Waals surface area contributed by atoms with Crippen LogP contribution in [0.1, 0.15) is 32.3 Å². The van der Waals surface area contributed by atoms with Crippen molar-refractivity contribution in [2.75, 3.05) is 40.5 Å². The molecule has 0 saturated carbocycles. The van der Waals surface area contributed by atoms with Crippen molar-refractivity contribution < 1.29 is 14.6 Å². The van der Waals surface area contributed by atoms with Crippen molar-refractivity contribution in [2.45, 2.75) is 33.2 Å². The zero-order valence-corrected chi connectivity index (χ0v) is 18.1. The summed E-state index contributed by atoms with van der Waals surface area (Å²) in [6.45, 7) is 6.87. The molecule has 2 N–H and O–H groups in total. The van der Waals surface area contributed by atoms with E-state index in [9.17, 15) is 0 Å². The first-order chi connectivity index (χ1) is 11.7. The minimum absolute atomic E-state index is 0. The average molecular weight is 465 g/mol. The minimum atomic E-state index is -0.0225. The molecule has 0 aliphatic rings. The summed E-state index contributed by atoms with van der Waals surface area (Å²) in [4.78, 5) is 6.85. The number of nitrogens with zero attached hydrogens (tertiary/aromatic N) is 2. The van der Waals surface area contributed by atoms with Gasteiger partial charge in [-0.15, -0.1) is 24.0 Å². The Kier molecular flexibility index (Phi) is 13.3. The first-order valence-electron chi connectivity index (χ1n) is 8.56. The smallest absolute Gasteiger partial charge is 0.193 e. The highest BCUT2D eigenvalue weighted by Crippen LogP contribution is 2.28. The molecule has 0 amide bonds. The largest absolute Gasteiger partial charge is 0.493 e. The Bertz CT molecular complexity index is 512. The lowest BCUT2D eigenvalue weighted by atomic mass is 10.2. The van der Waals surface area contributed by atoms with E-state index in [1.807, 2.05) is 18.2 Å². The topological polar surface area (TPSA) is 66.3 Å². The molecular weight excluding hydrogens is 433 g/mol. The molecule has 0 radical (unpaired) electrons. The summed E-state index contributed by atoms with van der Waals surface area (Å²) in [5, 5.41) is 12.2. The van der Waals surface area contributed by atoms with E-state index in [0.717, 1.165) is 37.5 Å². The van der Waals surface area contributed by atoms with Crippen molar-refractivity contribution in [1.29, 1.82) is 0 Å². The molecule has 1 aromatic carbocycles. The number of hydrogen-bond donors (Lipinski definition) is 2. The molecule has 0 aromatic heterocycles. The van der Waals surface area contributed by atoms with Crippen LogP contribution in [-0.2, 0) is 6.54 Å². The van der Waals surface area contributed by atoms with Gasteiger partial charge in [-0.3, -0.25) is 0 Å². The Balaban J connectivity index is 0.00000576. The number of rotatable bonds is 10. The Hall–Kier alpha value is -1.22. The standard InChI is InChI=1S/C18H31N3O3.HI/c1-5-7-10-21(3)18(19-6-2)20-14-15-8-9-16(24-12-11-22)17(13-15)23-4;/h8-9,13,22H,5-7,10-12,14H2,1-4H3,(H,19,20);1H. The number of hydrogen-bond acceptors (Lipinski definition) is 4. The number of guanidine groups is 1. The summed E-state index contributed by atoms with van der Waals surface area (Å²) in [6, 6.07) is 5.74. The normalized spacial score (nSPS) is 10.8. The van der Waals surface area contributed by atoms with Gasteiger partial charge in [0.15, 0.2) is 17.5 Å². The van der Waals surface area contributed by atoms with Crippen LogP contribution in [0.4, 0.5) is 0 Å². The molecule has 0 saturated heterocycles. The van der Waals surface area contributed by atoms with Crippen molar-refractivity contribution in [2.24, 2.45) is 4.99 Å². The van der Waals surface area contributed by atoms with Gasteiger partial charge < -0.3 is 24.8 Å². The Labute approximate surface area is 168 Å². The third-order valence-corrected chi connectivity index (χ3v) is 3.53. The molecule has 0 fully saturated rings. The lowest BCUT2D eigenvalue weighted by Crippen LogP contribution is -2.39. The van der Waals surface area contributed by atoms with Crippen molar-refractivity contribution in [3.63, 3.8) is 0 Å². The quantitative estimate of drug-likeness (QED) is 0.316. The van der Waals surface area contributed by atoms with Crippen LogP contribution >= 0.6 is 24.0 Å². The molecule has 25 heavy (non-hydrogen) atoms. The van der Waals surface area contributed by atoms with E-state index in [1.54, 1.807) is 7.11 Å². The van der Waals surface area contributed by atoms with E-state index in [4.69, 9.17) is 19.6 Å². The average Bonchev–Trinajstić information content (AvgIpc) is 2.61. The lowest BCUT2D eigenvalue weighted by molar-refractivity contribution is 0.196. The molecule has 1 rings (SSSR count). The third kappa shape index (κ3) is 8.62. The minimum Gasteiger partial charge on any atom is -0.493 e. The number of aliphatic hydroxyl groups excluding tert-OH is 1. The molecule has 7 heteroatoms. The second-order valence-electron chi connectivity index (χ2n) is 5.50. The van der Waals surface area contributed by atoms with E-state index < -0.39 is 0 Å². The fourth-order valence-electron chi connectivity index (χ4n) is 2.22. The molecule has 6 nitrogen and oxygen atoms in total. The highest BCUT2D eigenvalue weighted by Gasteiger charge is 2.07. The zero-order chi connectivity index (χ0) is 17.8. The molecular formula is C18H32IN3O3. The van der Waals surface area contributed by atoms with Crippen molar-refractivity contribution in [3.8, 4) is 11.5 Å². The van der Waals surface area contributed by atoms with E-state index in [-0.39, 0.29) is 37.2 Å². The fraction of sp³-hybridized carbons (Fsp3) is 0.611. The molecule has 0 bridgehead atoms. The Morgan fingerprint density at radius 1 is 1.28 bits per heavy atom. The maximum atomic E-state index is 8.86. The molecule has 144 valence electrons. The number of aliphatic hydroxyl groups is 1. The van der Waals surface area contributed by atoms with Crippen LogP contribution in [0.15, 0.2) is 23.2 Å². The number of benzene rings is 1. The van der Waals surface area contributed by atoms with Crippen molar-refractivity contribution in [1.82, 2.24) is 10.2 Å². The van der Waals surface area contributed by atoms with Gasteiger partial charge in [-0.25, -0.2) is 4.99 Å². The summed E-state index contributed by atoms with van der Waals surface area (Å²) < 4.78 is 10.8. The Morgan fingerprint density at radius 2 is 2.04 bits per heavy atom. The predicted octanol–water partition coefficient (Wildman–Crippen LogP) is 2.88. The van der Waals surface area contributed by atoms with Crippen LogP contribution in [0.2, 0.25) is 0 Å². The van der Waals surface area contributed by atoms with Crippen LogP contribution in [0.3, 0.4) is 0 Å². The number of nitrogens with one attached hydrogen (secondary N) is 1. The monoisotopic (exact) mass is 465 g/mol. The van der Waals surface area contributed by atoms with E-state index in [0.29, 0.717) is 18.0 Å². The van der Waals surface area contributed by atoms with Crippen LogP contribution in [-0.4, -0.2) is 56.4 Å². The van der Waals surface area contributed by atoms with E-state index in [1.165, 1.54) is 0 Å². The molecule has 0 aliphatic heterocycles. The van der Waals surface area contributed by atoms with Crippen LogP contribution in [0.25, 0.3) is 0 Å².